The van der Waals surface area contributed by atoms with Gasteiger partial charge in [-0.1, -0.05) is 0 Å². The van der Waals surface area contributed by atoms with Crippen LogP contribution in [-0.2, 0) is 0 Å². The maximum absolute atomic E-state index is 13.4. The van der Waals surface area contributed by atoms with Crippen molar-refractivity contribution in [3.05, 3.63) is 48.7 Å². The molecule has 1 aromatic heterocycles. The van der Waals surface area contributed by atoms with Gasteiger partial charge in [0.05, 0.1) is 12.0 Å². The number of nitrogens with two attached hydrogens (primary N) is 1. The van der Waals surface area contributed by atoms with E-state index in [9.17, 15) is 4.39 Å². The number of rotatable bonds is 3. The summed E-state index contributed by atoms with van der Waals surface area (Å²) in [5.74, 6) is 1.08. The first-order chi connectivity index (χ1) is 13.1. The van der Waals surface area contributed by atoms with Gasteiger partial charge in [-0.05, 0) is 63.3 Å². The van der Waals surface area contributed by atoms with E-state index in [0.29, 0.717) is 18.3 Å². The molecule has 6 nitrogen and oxygen atoms in total. The van der Waals surface area contributed by atoms with Gasteiger partial charge in [0.1, 0.15) is 17.3 Å². The molecule has 1 saturated heterocycles. The van der Waals surface area contributed by atoms with Crippen molar-refractivity contribution in [2.45, 2.75) is 25.3 Å². The summed E-state index contributed by atoms with van der Waals surface area (Å²) in [5.41, 5.74) is 8.32. The molecule has 0 amide bonds. The lowest BCUT2D eigenvalue weighted by Gasteiger charge is -2.30. The van der Waals surface area contributed by atoms with E-state index in [2.05, 4.69) is 26.5 Å². The van der Waals surface area contributed by atoms with Crippen molar-refractivity contribution >= 4 is 17.4 Å². The SMILES string of the molecule is CN1CCC(n2cnc(-c3ccc(F)cc3)c2N=C2C=CN=C(N)C2)CC1. The van der Waals surface area contributed by atoms with Crippen molar-refractivity contribution in [2.24, 2.45) is 15.7 Å². The van der Waals surface area contributed by atoms with E-state index in [4.69, 9.17) is 10.7 Å². The minimum absolute atomic E-state index is 0.263. The Balaban J connectivity index is 1.75. The lowest BCUT2D eigenvalue weighted by molar-refractivity contribution is 0.222. The molecule has 0 unspecified atom stereocenters. The van der Waals surface area contributed by atoms with Crippen molar-refractivity contribution in [3.63, 3.8) is 0 Å². The van der Waals surface area contributed by atoms with Crippen LogP contribution in [0.2, 0.25) is 0 Å². The zero-order valence-corrected chi connectivity index (χ0v) is 15.3. The Hall–Kier alpha value is -2.80. The van der Waals surface area contributed by atoms with Gasteiger partial charge in [-0.15, -0.1) is 0 Å². The number of aliphatic imine (C=N–C) groups is 2. The number of halogens is 1. The summed E-state index contributed by atoms with van der Waals surface area (Å²) in [4.78, 5) is 15.9. The van der Waals surface area contributed by atoms with Crippen LogP contribution in [0, 0.1) is 5.82 Å². The molecule has 0 bridgehead atoms. The molecule has 7 heteroatoms. The maximum Gasteiger partial charge on any atom is 0.160 e. The minimum Gasteiger partial charge on any atom is -0.387 e. The van der Waals surface area contributed by atoms with Gasteiger partial charge in [0.15, 0.2) is 5.82 Å². The monoisotopic (exact) mass is 366 g/mol. The van der Waals surface area contributed by atoms with Gasteiger partial charge in [-0.2, -0.15) is 0 Å². The van der Waals surface area contributed by atoms with Crippen molar-refractivity contribution < 1.29 is 4.39 Å². The molecule has 2 aliphatic heterocycles. The molecule has 0 atom stereocenters. The number of nitrogens with zero attached hydrogens (tertiary/aromatic N) is 5. The standard InChI is InChI=1S/C20H23FN6/c1-26-10-7-17(8-11-26)27-13-24-19(14-2-4-15(21)5-3-14)20(27)25-16-6-9-23-18(22)12-16/h2-6,9,13,17H,7-8,10-12H2,1H3,(H2,22,23). The Labute approximate surface area is 157 Å². The van der Waals surface area contributed by atoms with Gasteiger partial charge in [0, 0.05) is 24.2 Å². The van der Waals surface area contributed by atoms with E-state index in [0.717, 1.165) is 48.7 Å². The second kappa shape index (κ2) is 7.44. The predicted molar refractivity (Wildman–Crippen MR) is 106 cm³/mol. The van der Waals surface area contributed by atoms with Crippen LogP contribution in [0.3, 0.4) is 0 Å². The fourth-order valence-electron chi connectivity index (χ4n) is 3.54. The van der Waals surface area contributed by atoms with Crippen LogP contribution in [0.4, 0.5) is 10.2 Å². The number of benzene rings is 1. The molecule has 0 radical (unpaired) electrons. The quantitative estimate of drug-likeness (QED) is 0.906. The number of aromatic nitrogens is 2. The van der Waals surface area contributed by atoms with Crippen LogP contribution in [0.5, 0.6) is 0 Å². The smallest absolute Gasteiger partial charge is 0.160 e. The van der Waals surface area contributed by atoms with E-state index in [1.165, 1.54) is 12.1 Å². The summed E-state index contributed by atoms with van der Waals surface area (Å²) >= 11 is 0. The maximum atomic E-state index is 13.4. The van der Waals surface area contributed by atoms with Crippen LogP contribution in [-0.4, -0.2) is 46.1 Å². The predicted octanol–water partition coefficient (Wildman–Crippen LogP) is 3.30. The van der Waals surface area contributed by atoms with Crippen LogP contribution >= 0.6 is 0 Å². The Kier molecular flexibility index (Phi) is 4.85. The van der Waals surface area contributed by atoms with E-state index < -0.39 is 0 Å². The second-order valence-corrected chi connectivity index (χ2v) is 7.08. The summed E-state index contributed by atoms with van der Waals surface area (Å²) in [6, 6.07) is 6.73. The van der Waals surface area contributed by atoms with Gasteiger partial charge >= 0.3 is 0 Å². The van der Waals surface area contributed by atoms with E-state index in [1.807, 2.05) is 12.4 Å². The average molecular weight is 366 g/mol. The van der Waals surface area contributed by atoms with Gasteiger partial charge in [0.2, 0.25) is 0 Å². The zero-order chi connectivity index (χ0) is 18.8. The van der Waals surface area contributed by atoms with Crippen LogP contribution in [0.15, 0.2) is 52.9 Å². The Morgan fingerprint density at radius 2 is 1.93 bits per heavy atom. The highest BCUT2D eigenvalue weighted by Crippen LogP contribution is 2.35. The van der Waals surface area contributed by atoms with Crippen LogP contribution < -0.4 is 5.73 Å². The zero-order valence-electron chi connectivity index (χ0n) is 15.3. The van der Waals surface area contributed by atoms with E-state index >= 15 is 0 Å². The Morgan fingerprint density at radius 1 is 1.19 bits per heavy atom. The number of imidazole rings is 1. The number of hydrogen-bond acceptors (Lipinski definition) is 5. The third-order valence-corrected chi connectivity index (χ3v) is 5.09. The molecule has 27 heavy (non-hydrogen) atoms. The van der Waals surface area contributed by atoms with Gasteiger partial charge in [-0.3, -0.25) is 0 Å². The third kappa shape index (κ3) is 3.83. The molecule has 1 aromatic carbocycles. The molecule has 0 aliphatic carbocycles. The lowest BCUT2D eigenvalue weighted by Crippen LogP contribution is -2.31. The highest BCUT2D eigenvalue weighted by molar-refractivity contribution is 6.11. The van der Waals surface area contributed by atoms with Crippen molar-refractivity contribution in [1.82, 2.24) is 14.5 Å². The molecule has 3 heterocycles. The Bertz CT molecular complexity index is 901. The molecule has 2 N–H and O–H groups in total. The van der Waals surface area contributed by atoms with Gasteiger partial charge in [0.25, 0.3) is 0 Å². The molecular formula is C20H23FN6. The molecular weight excluding hydrogens is 343 g/mol. The fraction of sp³-hybridized carbons (Fsp3) is 0.350. The van der Waals surface area contributed by atoms with Crippen molar-refractivity contribution in [2.75, 3.05) is 20.1 Å². The summed E-state index contributed by atoms with van der Waals surface area (Å²) in [5, 5.41) is 0. The summed E-state index contributed by atoms with van der Waals surface area (Å²) < 4.78 is 15.5. The average Bonchev–Trinajstić information content (AvgIpc) is 3.06. The van der Waals surface area contributed by atoms with E-state index in [-0.39, 0.29) is 5.82 Å². The highest BCUT2D eigenvalue weighted by atomic mass is 19.1. The van der Waals surface area contributed by atoms with Crippen molar-refractivity contribution in [1.29, 1.82) is 0 Å². The third-order valence-electron chi connectivity index (χ3n) is 5.09. The number of piperidine rings is 1. The van der Waals surface area contributed by atoms with E-state index in [1.54, 1.807) is 18.3 Å². The molecule has 0 spiro atoms. The second-order valence-electron chi connectivity index (χ2n) is 7.08. The molecule has 140 valence electrons. The first kappa shape index (κ1) is 17.6. The molecule has 2 aliphatic rings. The number of hydrogen-bond donors (Lipinski definition) is 1. The van der Waals surface area contributed by atoms with Crippen LogP contribution in [0.25, 0.3) is 11.3 Å². The minimum atomic E-state index is -0.263. The summed E-state index contributed by atoms with van der Waals surface area (Å²) in [7, 11) is 2.14. The highest BCUT2D eigenvalue weighted by Gasteiger charge is 2.23. The van der Waals surface area contributed by atoms with Gasteiger partial charge < -0.3 is 15.2 Å². The largest absolute Gasteiger partial charge is 0.387 e. The molecule has 2 aromatic rings. The lowest BCUT2D eigenvalue weighted by atomic mass is 10.1. The molecule has 1 fully saturated rings. The molecule has 4 rings (SSSR count). The number of amidine groups is 1. The first-order valence-electron chi connectivity index (χ1n) is 9.18. The topological polar surface area (TPSA) is 71.8 Å². The fourth-order valence-corrected chi connectivity index (χ4v) is 3.54. The summed E-state index contributed by atoms with van der Waals surface area (Å²) in [6.07, 6.45) is 8.01. The van der Waals surface area contributed by atoms with Crippen LogP contribution in [0.1, 0.15) is 25.3 Å². The molecule has 0 saturated carbocycles. The number of likely N-dealkylation sites (tertiary alicyclic amines) is 1. The Morgan fingerprint density at radius 3 is 2.63 bits per heavy atom. The van der Waals surface area contributed by atoms with Gasteiger partial charge in [-0.25, -0.2) is 19.4 Å². The summed E-state index contributed by atoms with van der Waals surface area (Å²) in [6.45, 7) is 2.09. The normalized spacial score (nSPS) is 20.2. The number of allylic oxidation sites excluding steroid dienone is 1. The van der Waals surface area contributed by atoms with Crippen molar-refractivity contribution in [3.8, 4) is 11.3 Å². The first-order valence-corrected chi connectivity index (χ1v) is 9.18.